The summed E-state index contributed by atoms with van der Waals surface area (Å²) in [5.74, 6) is 0. The van der Waals surface area contributed by atoms with Crippen molar-refractivity contribution >= 4 is 182 Å². The predicted octanol–water partition coefficient (Wildman–Crippen LogP) is 41.4. The van der Waals surface area contributed by atoms with E-state index in [9.17, 15) is 0 Å². The third-order valence-corrected chi connectivity index (χ3v) is 29.6. The van der Waals surface area contributed by atoms with Gasteiger partial charge in [0.25, 0.3) is 0 Å². The fourth-order valence-corrected chi connectivity index (χ4v) is 21.7. The van der Waals surface area contributed by atoms with Gasteiger partial charge in [-0.15, -0.1) is 0 Å². The Morgan fingerprint density at radius 3 is 0.627 bits per heavy atom. The van der Waals surface area contributed by atoms with E-state index in [1.54, 1.807) is 0 Å². The van der Waals surface area contributed by atoms with E-state index in [2.05, 4.69) is 555 Å². The number of benzene rings is 26. The van der Waals surface area contributed by atoms with Gasteiger partial charge in [0.2, 0.25) is 0 Å². The largest absolute Gasteiger partial charge is 0.456 e. The molecule has 0 fully saturated rings. The first kappa shape index (κ1) is 89.0. The number of fused-ring (bicyclic) bond motifs is 15. The maximum Gasteiger partial charge on any atom is 0.159 e. The van der Waals surface area contributed by atoms with E-state index in [4.69, 9.17) is 13.3 Å². The molecule has 0 radical (unpaired) electrons. The normalized spacial score (nSPS) is 11.5. The van der Waals surface area contributed by atoms with Crippen LogP contribution in [-0.4, -0.2) is 0 Å². The van der Waals surface area contributed by atoms with E-state index in [0.29, 0.717) is 0 Å². The van der Waals surface area contributed by atoms with E-state index in [1.807, 2.05) is 36.4 Å². The van der Waals surface area contributed by atoms with Crippen LogP contribution in [0.15, 0.2) is 590 Å². The zero-order valence-corrected chi connectivity index (χ0v) is 81.9. The van der Waals surface area contributed by atoms with Gasteiger partial charge in [-0.1, -0.05) is 406 Å². The summed E-state index contributed by atoms with van der Waals surface area (Å²) in [6.45, 7) is 0. The molecule has 0 saturated heterocycles. The van der Waals surface area contributed by atoms with Crippen LogP contribution in [0.4, 0.5) is 51.2 Å². The fraction of sp³-hybridized carbons (Fsp3) is 0. The minimum atomic E-state index is 0.876. The Bertz CT molecular complexity index is 9760. The van der Waals surface area contributed by atoms with Crippen LogP contribution >= 0.6 is 0 Å². The quantitative estimate of drug-likeness (QED) is 0.0905. The highest BCUT2D eigenvalue weighted by Gasteiger charge is 2.24. The molecule has 704 valence electrons. The summed E-state index contributed by atoms with van der Waals surface area (Å²) in [5.41, 5.74) is 34.0. The molecule has 0 unspecified atom stereocenters. The zero-order valence-electron chi connectivity index (χ0n) is 81.9. The van der Waals surface area contributed by atoms with Gasteiger partial charge in [-0.3, -0.25) is 0 Å². The fourth-order valence-electron chi connectivity index (χ4n) is 21.7. The molecule has 0 aliphatic carbocycles. The van der Waals surface area contributed by atoms with E-state index < -0.39 is 0 Å². The molecule has 26 aromatic carbocycles. The van der Waals surface area contributed by atoms with Crippen molar-refractivity contribution in [2.45, 2.75) is 0 Å². The topological polar surface area (TPSA) is 49.1 Å². The molecule has 6 heteroatoms. The van der Waals surface area contributed by atoms with Crippen molar-refractivity contribution in [3.8, 4) is 89.0 Å². The molecular formula is C144H95N3O3. The van der Waals surface area contributed by atoms with Gasteiger partial charge in [0.1, 0.15) is 27.9 Å². The van der Waals surface area contributed by atoms with E-state index >= 15 is 0 Å². The standard InChI is InChI=1S/2C50H33NO.C44H29NO/c1-3-10-39-32-41(18-16-34(39)8-1)36-20-26-43(27-21-36)51(44-28-22-37(23-29-44)42-19-17-35-9-2-4-11-40(35)33-42)45-30-24-38(25-31-45)46-13-7-14-48-47-12-5-6-15-49(47)52-50(46)48;1-3-9-39-31-41(15-13-34(39)7-1)36-17-24-44(25-18-36)51(45-26-19-37(20-27-45)42-16-14-35-8-2-4-10-40(35)32-42)46-28-21-38(22-29-46)43-23-30-48-47-11-5-6-12-49(47)52-50(48)33-43;1-3-10-34-28-36(18-16-30(34)8-1)32-20-24-38(25-21-32)45(42-14-7-13-41-40-12-5-6-15-43(40)46-44(41)42)39-26-22-33(23-27-39)37-19-17-31-9-2-4-11-35(31)29-37/h2*1-33H;1-29H. The van der Waals surface area contributed by atoms with Crippen molar-refractivity contribution in [3.63, 3.8) is 0 Å². The Morgan fingerprint density at radius 1 is 0.113 bits per heavy atom. The van der Waals surface area contributed by atoms with Crippen molar-refractivity contribution in [3.05, 3.63) is 576 Å². The highest BCUT2D eigenvalue weighted by molar-refractivity contribution is 6.13. The number of nitrogens with zero attached hydrogens (tertiary/aromatic N) is 3. The van der Waals surface area contributed by atoms with E-state index in [-0.39, 0.29) is 0 Å². The first-order valence-corrected chi connectivity index (χ1v) is 51.2. The van der Waals surface area contributed by atoms with Crippen LogP contribution in [-0.2, 0) is 0 Å². The summed E-state index contributed by atoms with van der Waals surface area (Å²) in [5, 5.41) is 21.8. The Morgan fingerprint density at radius 2 is 0.320 bits per heavy atom. The smallest absolute Gasteiger partial charge is 0.159 e. The highest BCUT2D eigenvalue weighted by Crippen LogP contribution is 2.48. The summed E-state index contributed by atoms with van der Waals surface area (Å²) < 4.78 is 19.1. The molecule has 0 atom stereocenters. The Hall–Kier alpha value is -19.9. The number of rotatable bonds is 17. The second-order valence-corrected chi connectivity index (χ2v) is 38.6. The highest BCUT2D eigenvalue weighted by atomic mass is 16.3. The van der Waals surface area contributed by atoms with Crippen molar-refractivity contribution in [1.82, 2.24) is 0 Å². The van der Waals surface area contributed by atoms with Crippen LogP contribution in [0.25, 0.3) is 219 Å². The van der Waals surface area contributed by atoms with Crippen LogP contribution in [0.5, 0.6) is 0 Å². The average Bonchev–Trinajstić information content (AvgIpc) is 1.60. The van der Waals surface area contributed by atoms with Crippen LogP contribution in [0.2, 0.25) is 0 Å². The minimum absolute atomic E-state index is 0.876. The lowest BCUT2D eigenvalue weighted by atomic mass is 9.99. The molecular weight excluding hydrogens is 1820 g/mol. The summed E-state index contributed by atoms with van der Waals surface area (Å²) >= 11 is 0. The molecule has 29 rings (SSSR count). The number of hydrogen-bond acceptors (Lipinski definition) is 6. The van der Waals surface area contributed by atoms with Gasteiger partial charge in [0, 0.05) is 83.4 Å². The van der Waals surface area contributed by atoms with Crippen molar-refractivity contribution in [1.29, 1.82) is 0 Å². The van der Waals surface area contributed by atoms with Gasteiger partial charge < -0.3 is 28.0 Å². The molecule has 3 aromatic heterocycles. The van der Waals surface area contributed by atoms with Gasteiger partial charge in [-0.2, -0.15) is 0 Å². The number of hydrogen-bond donors (Lipinski definition) is 0. The maximum atomic E-state index is 6.53. The van der Waals surface area contributed by atoms with Crippen molar-refractivity contribution < 1.29 is 13.3 Å². The van der Waals surface area contributed by atoms with Gasteiger partial charge >= 0.3 is 0 Å². The lowest BCUT2D eigenvalue weighted by Crippen LogP contribution is -2.10. The summed E-state index contributed by atoms with van der Waals surface area (Å²) in [7, 11) is 0. The second kappa shape index (κ2) is 38.6. The molecule has 0 amide bonds. The predicted molar refractivity (Wildman–Crippen MR) is 634 cm³/mol. The van der Waals surface area contributed by atoms with Crippen LogP contribution in [0.1, 0.15) is 0 Å². The first-order chi connectivity index (χ1) is 74.3. The van der Waals surface area contributed by atoms with Gasteiger partial charge in [0.15, 0.2) is 5.58 Å². The Balaban J connectivity index is 0.000000111. The van der Waals surface area contributed by atoms with Crippen LogP contribution in [0.3, 0.4) is 0 Å². The van der Waals surface area contributed by atoms with Gasteiger partial charge in [0.05, 0.1) is 5.69 Å². The summed E-state index contributed by atoms with van der Waals surface area (Å²) in [6.07, 6.45) is 0. The number of para-hydroxylation sites is 5. The Labute approximate surface area is 868 Å². The summed E-state index contributed by atoms with van der Waals surface area (Å²) in [4.78, 5) is 6.97. The first-order valence-electron chi connectivity index (χ1n) is 51.2. The van der Waals surface area contributed by atoms with Gasteiger partial charge in [-0.05, 0) is 318 Å². The van der Waals surface area contributed by atoms with E-state index in [1.165, 1.54) is 131 Å². The molecule has 3 heterocycles. The Kier molecular flexibility index (Phi) is 22.9. The molecule has 6 nitrogen and oxygen atoms in total. The molecule has 0 N–H and O–H groups in total. The molecule has 0 spiro atoms. The van der Waals surface area contributed by atoms with Gasteiger partial charge in [-0.25, -0.2) is 0 Å². The van der Waals surface area contributed by atoms with Crippen LogP contribution in [0, 0.1) is 0 Å². The molecule has 29 aromatic rings. The second-order valence-electron chi connectivity index (χ2n) is 38.6. The minimum Gasteiger partial charge on any atom is -0.456 e. The SMILES string of the molecule is c1ccc2cc(-c3ccc(N(c4ccc(-c5ccc6ccccc6c5)cc4)c4ccc(-c5ccc6c(c5)oc5ccccc56)cc4)cc3)ccc2c1.c1ccc2cc(-c3ccc(N(c4ccc(-c5ccc6ccccc6c5)cc4)c4ccc(-c5cccc6c5oc5ccccc56)cc4)cc3)ccc2c1.c1ccc2cc(-c3ccc(N(c4ccc(-c5ccc6ccccc6c5)cc4)c4cccc5c4oc4ccccc45)cc3)ccc2c1. The number of anilines is 9. The molecule has 0 aliphatic heterocycles. The molecule has 0 saturated carbocycles. The van der Waals surface area contributed by atoms with Crippen molar-refractivity contribution in [2.75, 3.05) is 14.7 Å². The third-order valence-electron chi connectivity index (χ3n) is 29.6. The van der Waals surface area contributed by atoms with Crippen molar-refractivity contribution in [2.24, 2.45) is 0 Å². The zero-order chi connectivity index (χ0) is 99.3. The summed E-state index contributed by atoms with van der Waals surface area (Å²) in [6, 6.07) is 206. The molecule has 0 aliphatic rings. The number of furan rings is 3. The molecule has 0 bridgehead atoms. The van der Waals surface area contributed by atoms with E-state index in [0.717, 1.165) is 139 Å². The maximum absolute atomic E-state index is 6.53. The monoisotopic (exact) mass is 1910 g/mol. The molecule has 150 heavy (non-hydrogen) atoms. The average molecular weight is 1920 g/mol. The lowest BCUT2D eigenvalue weighted by molar-refractivity contribution is 0.668. The lowest BCUT2D eigenvalue weighted by Gasteiger charge is -2.26. The third kappa shape index (κ3) is 17.3. The van der Waals surface area contributed by atoms with Crippen LogP contribution < -0.4 is 14.7 Å².